The summed E-state index contributed by atoms with van der Waals surface area (Å²) in [7, 11) is -1.23. The van der Waals surface area contributed by atoms with Gasteiger partial charge in [-0.25, -0.2) is 0 Å². The summed E-state index contributed by atoms with van der Waals surface area (Å²) in [5.74, 6) is -0.435. The first-order valence-corrected chi connectivity index (χ1v) is 8.88. The van der Waals surface area contributed by atoms with Crippen LogP contribution in [-0.4, -0.2) is 31.4 Å². The van der Waals surface area contributed by atoms with E-state index in [-0.39, 0.29) is 0 Å². The third kappa shape index (κ3) is 4.23. The fourth-order valence-corrected chi connectivity index (χ4v) is 3.86. The van der Waals surface area contributed by atoms with Gasteiger partial charge in [0.05, 0.1) is 8.48 Å². The van der Waals surface area contributed by atoms with Gasteiger partial charge >= 0.3 is 5.97 Å². The highest BCUT2D eigenvalue weighted by Gasteiger charge is 2.27. The lowest BCUT2D eigenvalue weighted by atomic mass is 10.2. The average molecular weight is 290 g/mol. The maximum atomic E-state index is 12.4. The Labute approximate surface area is 114 Å². The number of carbonyl (C=O) groups excluding carboxylic acids is 1. The van der Waals surface area contributed by atoms with E-state index in [1.165, 1.54) is 18.4 Å². The van der Waals surface area contributed by atoms with Crippen LogP contribution >= 0.6 is 18.6 Å². The van der Waals surface area contributed by atoms with Crippen molar-refractivity contribution in [2.75, 3.05) is 19.4 Å². The molecule has 1 N–H and O–H groups in total. The second kappa shape index (κ2) is 7.07. The molecule has 0 bridgehead atoms. The van der Waals surface area contributed by atoms with E-state index in [4.69, 9.17) is 6.11 Å². The van der Waals surface area contributed by atoms with Gasteiger partial charge in [0.2, 0.25) is 0 Å². The van der Waals surface area contributed by atoms with Crippen LogP contribution in [0.1, 0.15) is 20.1 Å². The van der Waals surface area contributed by atoms with Crippen molar-refractivity contribution in [3.05, 3.63) is 22.4 Å². The van der Waals surface area contributed by atoms with Crippen LogP contribution in [0.5, 0.6) is 0 Å². The highest BCUT2D eigenvalue weighted by Crippen LogP contribution is 2.40. The van der Waals surface area contributed by atoms with Crippen molar-refractivity contribution in [3.8, 4) is 0 Å². The van der Waals surface area contributed by atoms with Crippen LogP contribution < -0.4 is 5.09 Å². The van der Waals surface area contributed by atoms with E-state index in [0.29, 0.717) is 24.8 Å². The van der Waals surface area contributed by atoms with Gasteiger partial charge in [-0.2, -0.15) is 0 Å². The maximum Gasteiger partial charge on any atom is 0.323 e. The number of methoxy groups -OCH3 is 1. The smallest absolute Gasteiger partial charge is 0.323 e. The summed E-state index contributed by atoms with van der Waals surface area (Å²) in [5.41, 5.74) is 0. The minimum Gasteiger partial charge on any atom is -0.468 e. The monoisotopic (exact) mass is 290 g/mol. The lowest BCUT2D eigenvalue weighted by molar-refractivity contribution is -0.142. The van der Waals surface area contributed by atoms with Crippen LogP contribution in [0.15, 0.2) is 17.5 Å². The van der Waals surface area contributed by atoms with E-state index in [9.17, 15) is 9.36 Å². The molecule has 1 aromatic rings. The van der Waals surface area contributed by atoms with Crippen molar-refractivity contribution in [2.24, 2.45) is 0 Å². The highest BCUT2D eigenvalue weighted by atomic mass is 32.1. The molecule has 4 nitrogen and oxygen atoms in total. The predicted molar refractivity (Wildman–Crippen MR) is 75.7 cm³/mol. The van der Waals surface area contributed by atoms with Crippen molar-refractivity contribution in [1.82, 2.24) is 5.09 Å². The number of esters is 1. The molecule has 1 atom stereocenters. The zero-order valence-electron chi connectivity index (χ0n) is 11.9. The van der Waals surface area contributed by atoms with Gasteiger partial charge < -0.3 is 9.30 Å². The molecule has 6 heteroatoms. The molecule has 0 amide bonds. The first-order chi connectivity index (χ1) is 8.95. The fourth-order valence-electron chi connectivity index (χ4n) is 1.58. The molecule has 1 heterocycles. The first-order valence-electron chi connectivity index (χ1n) is 6.42. The number of ether oxygens (including phenoxy) is 1. The topological polar surface area (TPSA) is 55.4 Å². The number of thiophene rings is 1. The largest absolute Gasteiger partial charge is 0.468 e. The molecule has 1 rings (SSSR count). The Kier molecular flexibility index (Phi) is 5.42. The van der Waals surface area contributed by atoms with Crippen molar-refractivity contribution >= 4 is 24.6 Å². The van der Waals surface area contributed by atoms with E-state index in [1.54, 1.807) is 6.07 Å². The minimum atomic E-state index is -2.55. The minimum absolute atomic E-state index is 0.340. The van der Waals surface area contributed by atoms with Crippen LogP contribution in [0.4, 0.5) is 0 Å². The van der Waals surface area contributed by atoms with E-state index >= 15 is 0 Å². The fraction of sp³-hybridized carbons (Fsp3) is 0.583. The number of nitrogens with one attached hydrogen (secondary N) is 1. The van der Waals surface area contributed by atoms with E-state index < -0.39 is 19.3 Å². The van der Waals surface area contributed by atoms with E-state index in [2.05, 4.69) is 5.09 Å². The van der Waals surface area contributed by atoms with Gasteiger partial charge in [0.15, 0.2) is 0 Å². The quantitative estimate of drug-likeness (QED) is 0.619. The molecule has 0 aliphatic rings. The molecule has 102 valence electrons. The average Bonchev–Trinajstić information content (AvgIpc) is 2.82. The van der Waals surface area contributed by atoms with Gasteiger partial charge in [-0.3, -0.25) is 9.88 Å². The number of carbonyl (C=O) groups is 1. The zero-order valence-corrected chi connectivity index (χ0v) is 12.6. The van der Waals surface area contributed by atoms with Crippen LogP contribution in [0.3, 0.4) is 0 Å². The lowest BCUT2D eigenvalue weighted by Crippen LogP contribution is -2.38. The van der Waals surface area contributed by atoms with Gasteiger partial charge in [-0.15, -0.1) is 11.3 Å². The van der Waals surface area contributed by atoms with Gasteiger partial charge in [-0.1, -0.05) is 19.9 Å². The van der Waals surface area contributed by atoms with Gasteiger partial charge in [0.1, 0.15) is 13.3 Å². The standard InChI is InChI=1S/C12H20NO3PS/c1-4-17(15,5-2)13-11(12(14)16-3)9-10-7-6-8-18-10/h6-8,11H,4-5,9H2,1-3H3,(H,13,15)/t11-/m0/s1/i7D. The van der Waals surface area contributed by atoms with Crippen molar-refractivity contribution in [2.45, 2.75) is 26.3 Å². The Morgan fingerprint density at radius 2 is 2.28 bits per heavy atom. The van der Waals surface area contributed by atoms with Gasteiger partial charge in [0.25, 0.3) is 0 Å². The Morgan fingerprint density at radius 3 is 2.72 bits per heavy atom. The van der Waals surface area contributed by atoms with Crippen molar-refractivity contribution < 1.29 is 15.5 Å². The summed E-state index contributed by atoms with van der Waals surface area (Å²) in [4.78, 5) is 12.6. The van der Waals surface area contributed by atoms with Crippen LogP contribution in [0, 0.1) is 0 Å². The summed E-state index contributed by atoms with van der Waals surface area (Å²) in [6.45, 7) is 3.68. The second-order valence-electron chi connectivity index (χ2n) is 3.92. The summed E-state index contributed by atoms with van der Waals surface area (Å²) in [6.07, 6.45) is 1.33. The molecule has 18 heavy (non-hydrogen) atoms. The third-order valence-electron chi connectivity index (χ3n) is 2.81. The lowest BCUT2D eigenvalue weighted by Gasteiger charge is -2.22. The van der Waals surface area contributed by atoms with Crippen LogP contribution in [0.25, 0.3) is 0 Å². The van der Waals surface area contributed by atoms with E-state index in [0.717, 1.165) is 4.88 Å². The molecular weight excluding hydrogens is 269 g/mol. The maximum absolute atomic E-state index is 12.4. The van der Waals surface area contributed by atoms with Crippen molar-refractivity contribution in [3.63, 3.8) is 0 Å². The van der Waals surface area contributed by atoms with E-state index in [1.807, 2.05) is 19.2 Å². The number of rotatable bonds is 7. The number of hydrogen-bond acceptors (Lipinski definition) is 4. The third-order valence-corrected chi connectivity index (χ3v) is 6.48. The predicted octanol–water partition coefficient (Wildman–Crippen LogP) is 2.74. The summed E-state index contributed by atoms with van der Waals surface area (Å²) < 4.78 is 24.9. The van der Waals surface area contributed by atoms with Crippen LogP contribution in [-0.2, 0) is 20.5 Å². The van der Waals surface area contributed by atoms with Gasteiger partial charge in [-0.05, 0) is 11.4 Å². The van der Waals surface area contributed by atoms with Gasteiger partial charge in [0, 0.05) is 23.6 Å². The molecule has 0 fully saturated rings. The van der Waals surface area contributed by atoms with Crippen LogP contribution in [0.2, 0.25) is 0 Å². The summed E-state index contributed by atoms with van der Waals surface area (Å²) in [6, 6.07) is 1.44. The Balaban J connectivity index is 2.87. The Bertz CT molecular complexity index is 469. The van der Waals surface area contributed by atoms with Crippen molar-refractivity contribution in [1.29, 1.82) is 0 Å². The Morgan fingerprint density at radius 1 is 1.61 bits per heavy atom. The molecule has 0 spiro atoms. The Hall–Kier alpha value is -0.640. The summed E-state index contributed by atoms with van der Waals surface area (Å²) in [5, 5.41) is 4.76. The number of hydrogen-bond donors (Lipinski definition) is 1. The molecule has 0 aliphatic carbocycles. The molecule has 0 radical (unpaired) electrons. The first kappa shape index (κ1) is 13.8. The molecule has 0 aliphatic heterocycles. The highest BCUT2D eigenvalue weighted by molar-refractivity contribution is 7.61. The second-order valence-corrected chi connectivity index (χ2v) is 8.22. The molecule has 0 saturated carbocycles. The molecule has 0 unspecified atom stereocenters. The zero-order chi connectivity index (χ0) is 14.5. The molecular formula is C12H20NO3PS. The molecule has 1 aromatic heterocycles. The normalized spacial score (nSPS) is 14.1. The summed E-state index contributed by atoms with van der Waals surface area (Å²) >= 11 is 1.42. The molecule has 0 saturated heterocycles. The SMILES string of the molecule is [2H]c1ccsc1C[C@H](NP(=O)(CC)CC)C(=O)OC. The molecule has 0 aromatic carbocycles.